The quantitative estimate of drug-likeness (QED) is 0.701. The second kappa shape index (κ2) is 9.30. The Balaban J connectivity index is 2.16. The summed E-state index contributed by atoms with van der Waals surface area (Å²) in [6.45, 7) is 10.4. The van der Waals surface area contributed by atoms with E-state index in [9.17, 15) is 4.79 Å². The first-order chi connectivity index (χ1) is 12.0. The Morgan fingerprint density at radius 1 is 1.32 bits per heavy atom. The van der Waals surface area contributed by atoms with Crippen LogP contribution in [0.15, 0.2) is 12.1 Å². The van der Waals surface area contributed by atoms with Gasteiger partial charge >= 0.3 is 0 Å². The van der Waals surface area contributed by atoms with E-state index in [1.807, 2.05) is 11.8 Å². The largest absolute Gasteiger partial charge is 0.493 e. The number of ether oxygens (including phenoxy) is 2. The van der Waals surface area contributed by atoms with Crippen molar-refractivity contribution in [3.63, 3.8) is 0 Å². The average Bonchev–Trinajstić information content (AvgIpc) is 3.10. The third kappa shape index (κ3) is 4.59. The topological polar surface area (TPSA) is 42.0 Å². The van der Waals surface area contributed by atoms with Crippen molar-refractivity contribution in [2.24, 2.45) is 0 Å². The van der Waals surface area contributed by atoms with E-state index >= 15 is 0 Å². The lowest BCUT2D eigenvalue weighted by molar-refractivity contribution is 0.0777. The molecule has 5 nitrogen and oxygen atoms in total. The van der Waals surface area contributed by atoms with E-state index in [4.69, 9.17) is 21.1 Å². The fraction of sp³-hybridized carbons (Fsp3) is 0.632. The molecule has 1 atom stereocenters. The first-order valence-electron chi connectivity index (χ1n) is 9.09. The molecule has 1 aliphatic heterocycles. The number of nitrogens with zero attached hydrogens (tertiary/aromatic N) is 2. The second-order valence-corrected chi connectivity index (χ2v) is 6.66. The van der Waals surface area contributed by atoms with Crippen molar-refractivity contribution in [1.82, 2.24) is 9.80 Å². The smallest absolute Gasteiger partial charge is 0.254 e. The third-order valence-corrected chi connectivity index (χ3v) is 4.99. The maximum absolute atomic E-state index is 12.9. The van der Waals surface area contributed by atoms with E-state index in [0.717, 1.165) is 39.0 Å². The number of carbonyl (C=O) groups excluding carboxylic acids is 1. The molecule has 0 unspecified atom stereocenters. The number of halogens is 1. The van der Waals surface area contributed by atoms with Gasteiger partial charge in [0.25, 0.3) is 5.91 Å². The van der Waals surface area contributed by atoms with E-state index in [1.165, 1.54) is 0 Å². The molecule has 1 amide bonds. The van der Waals surface area contributed by atoms with E-state index < -0.39 is 0 Å². The SMILES string of the molecule is CCCOc1c(Cl)cc(C(=O)N2CC[C@H](N(CC)CC)C2)cc1OC. The third-order valence-electron chi connectivity index (χ3n) is 4.71. The molecule has 1 aromatic rings. The van der Waals surface area contributed by atoms with Crippen molar-refractivity contribution in [2.45, 2.75) is 39.7 Å². The van der Waals surface area contributed by atoms with Gasteiger partial charge in [-0.05, 0) is 38.1 Å². The molecule has 140 valence electrons. The van der Waals surface area contributed by atoms with Crippen LogP contribution in [-0.4, -0.2) is 61.6 Å². The van der Waals surface area contributed by atoms with Gasteiger partial charge in [-0.1, -0.05) is 32.4 Å². The van der Waals surface area contributed by atoms with Crippen molar-refractivity contribution in [3.8, 4) is 11.5 Å². The zero-order chi connectivity index (χ0) is 18.4. The summed E-state index contributed by atoms with van der Waals surface area (Å²) in [5, 5.41) is 0.413. The molecule has 2 rings (SSSR count). The molecule has 0 bridgehead atoms. The highest BCUT2D eigenvalue weighted by atomic mass is 35.5. The monoisotopic (exact) mass is 368 g/mol. The minimum absolute atomic E-state index is 0.00287. The number of likely N-dealkylation sites (tertiary alicyclic amines) is 1. The number of hydrogen-bond acceptors (Lipinski definition) is 4. The van der Waals surface area contributed by atoms with Crippen LogP contribution in [0.25, 0.3) is 0 Å². The van der Waals surface area contributed by atoms with E-state index in [-0.39, 0.29) is 5.91 Å². The Morgan fingerprint density at radius 3 is 2.64 bits per heavy atom. The lowest BCUT2D eigenvalue weighted by atomic mass is 10.1. The van der Waals surface area contributed by atoms with E-state index in [0.29, 0.717) is 34.7 Å². The molecule has 1 aliphatic rings. The predicted molar refractivity (Wildman–Crippen MR) is 101 cm³/mol. The standard InChI is InChI=1S/C19H29ClN2O3/c1-5-10-25-18-16(20)11-14(12-17(18)24-4)19(23)22-9-8-15(13-22)21(6-2)7-3/h11-12,15H,5-10,13H2,1-4H3/t15-/m0/s1. The summed E-state index contributed by atoms with van der Waals surface area (Å²) in [6.07, 6.45) is 1.89. The van der Waals surface area contributed by atoms with Gasteiger partial charge in [0.15, 0.2) is 11.5 Å². The lowest BCUT2D eigenvalue weighted by Gasteiger charge is -2.26. The van der Waals surface area contributed by atoms with Gasteiger partial charge in [-0.25, -0.2) is 0 Å². The first kappa shape index (κ1) is 19.9. The molecular formula is C19H29ClN2O3. The molecule has 0 saturated carbocycles. The minimum atomic E-state index is -0.00287. The number of methoxy groups -OCH3 is 1. The second-order valence-electron chi connectivity index (χ2n) is 6.25. The number of hydrogen-bond donors (Lipinski definition) is 0. The molecule has 1 fully saturated rings. The fourth-order valence-electron chi connectivity index (χ4n) is 3.33. The Bertz CT molecular complexity index is 590. The Hall–Kier alpha value is -1.46. The van der Waals surface area contributed by atoms with Crippen molar-refractivity contribution in [3.05, 3.63) is 22.7 Å². The summed E-state index contributed by atoms with van der Waals surface area (Å²) in [5.74, 6) is 1.01. The summed E-state index contributed by atoms with van der Waals surface area (Å²) in [7, 11) is 1.56. The molecule has 0 radical (unpaired) electrons. The molecule has 1 heterocycles. The minimum Gasteiger partial charge on any atom is -0.493 e. The van der Waals surface area contributed by atoms with Crippen LogP contribution in [0.4, 0.5) is 0 Å². The molecule has 25 heavy (non-hydrogen) atoms. The van der Waals surface area contributed by atoms with Crippen LogP contribution < -0.4 is 9.47 Å². The highest BCUT2D eigenvalue weighted by Gasteiger charge is 2.30. The molecule has 6 heteroatoms. The number of carbonyl (C=O) groups is 1. The van der Waals surface area contributed by atoms with E-state index in [2.05, 4.69) is 18.7 Å². The van der Waals surface area contributed by atoms with Gasteiger partial charge in [-0.2, -0.15) is 0 Å². The average molecular weight is 369 g/mol. The molecule has 0 aliphatic carbocycles. The molecule has 1 aromatic carbocycles. The van der Waals surface area contributed by atoms with Crippen molar-refractivity contribution >= 4 is 17.5 Å². The number of amides is 1. The van der Waals surface area contributed by atoms with Gasteiger partial charge in [0, 0.05) is 24.7 Å². The van der Waals surface area contributed by atoms with Crippen molar-refractivity contribution in [2.75, 3.05) is 39.9 Å². The van der Waals surface area contributed by atoms with E-state index in [1.54, 1.807) is 19.2 Å². The van der Waals surface area contributed by atoms with Gasteiger partial charge in [0.1, 0.15) is 0 Å². The Kier molecular flexibility index (Phi) is 7.38. The number of rotatable bonds is 8. The molecule has 1 saturated heterocycles. The van der Waals surface area contributed by atoms with Gasteiger partial charge < -0.3 is 14.4 Å². The highest BCUT2D eigenvalue weighted by Crippen LogP contribution is 2.37. The summed E-state index contributed by atoms with van der Waals surface area (Å²) in [5.41, 5.74) is 0.547. The van der Waals surface area contributed by atoms with Crippen LogP contribution in [-0.2, 0) is 0 Å². The Morgan fingerprint density at radius 2 is 2.04 bits per heavy atom. The summed E-state index contributed by atoms with van der Waals surface area (Å²) >= 11 is 6.34. The highest BCUT2D eigenvalue weighted by molar-refractivity contribution is 6.32. The maximum atomic E-state index is 12.9. The summed E-state index contributed by atoms with van der Waals surface area (Å²) < 4.78 is 11.0. The van der Waals surface area contributed by atoms with Crippen LogP contribution in [0.5, 0.6) is 11.5 Å². The zero-order valence-corrected chi connectivity index (χ0v) is 16.4. The van der Waals surface area contributed by atoms with Crippen molar-refractivity contribution < 1.29 is 14.3 Å². The molecule has 0 N–H and O–H groups in total. The van der Waals surface area contributed by atoms with Gasteiger partial charge in [0.05, 0.1) is 18.7 Å². The van der Waals surface area contributed by atoms with Crippen molar-refractivity contribution in [1.29, 1.82) is 0 Å². The van der Waals surface area contributed by atoms with Gasteiger partial charge in [0.2, 0.25) is 0 Å². The predicted octanol–water partition coefficient (Wildman–Crippen LogP) is 3.69. The van der Waals surface area contributed by atoms with Crippen LogP contribution >= 0.6 is 11.6 Å². The zero-order valence-electron chi connectivity index (χ0n) is 15.7. The fourth-order valence-corrected chi connectivity index (χ4v) is 3.60. The summed E-state index contributed by atoms with van der Waals surface area (Å²) in [4.78, 5) is 17.2. The molecular weight excluding hydrogens is 340 g/mol. The maximum Gasteiger partial charge on any atom is 0.254 e. The number of benzene rings is 1. The van der Waals surface area contributed by atoms with Gasteiger partial charge in [-0.3, -0.25) is 9.69 Å². The summed E-state index contributed by atoms with van der Waals surface area (Å²) in [6, 6.07) is 3.84. The Labute approximate surface area is 155 Å². The number of likely N-dealkylation sites (N-methyl/N-ethyl adjacent to an activating group) is 1. The van der Waals surface area contributed by atoms with Crippen LogP contribution in [0.2, 0.25) is 5.02 Å². The van der Waals surface area contributed by atoms with Gasteiger partial charge in [-0.15, -0.1) is 0 Å². The van der Waals surface area contributed by atoms with Crippen LogP contribution in [0, 0.1) is 0 Å². The molecule has 0 spiro atoms. The van der Waals surface area contributed by atoms with Crippen LogP contribution in [0.3, 0.4) is 0 Å². The normalized spacial score (nSPS) is 17.2. The van der Waals surface area contributed by atoms with Crippen LogP contribution in [0.1, 0.15) is 44.0 Å². The molecule has 0 aromatic heterocycles. The lowest BCUT2D eigenvalue weighted by Crippen LogP contribution is -2.38. The first-order valence-corrected chi connectivity index (χ1v) is 9.47.